The van der Waals surface area contributed by atoms with Crippen molar-refractivity contribution in [2.75, 3.05) is 20.3 Å². The van der Waals surface area contributed by atoms with E-state index in [-0.39, 0.29) is 24.8 Å². The number of hydrogen-bond donors (Lipinski definition) is 1. The Morgan fingerprint density at radius 3 is 2.72 bits per heavy atom. The van der Waals surface area contributed by atoms with Crippen LogP contribution in [0.1, 0.15) is 15.9 Å². The standard InChI is InChI=1S/C19H16ClF2NO6/c1-27-16-8-11(2-4-15(16)29-19(21,22)18(25)26)10-23-6-7-28-14-5-3-12(20)9-13(14)17(23)24/h2-5,8-9H,6-7,10H2,1H3,(H,25,26). The average molecular weight is 428 g/mol. The maximum Gasteiger partial charge on any atom is 0.502 e. The molecule has 3 rings (SSSR count). The number of alkyl halides is 2. The lowest BCUT2D eigenvalue weighted by Crippen LogP contribution is -2.35. The molecule has 2 aromatic rings. The maximum atomic E-state index is 13.3. The third-order valence-corrected chi connectivity index (χ3v) is 4.40. The van der Waals surface area contributed by atoms with E-state index in [2.05, 4.69) is 4.74 Å². The zero-order valence-electron chi connectivity index (χ0n) is 15.2. The summed E-state index contributed by atoms with van der Waals surface area (Å²) in [5.74, 6) is -2.82. The highest BCUT2D eigenvalue weighted by atomic mass is 35.5. The largest absolute Gasteiger partial charge is 0.502 e. The number of carbonyl (C=O) groups excluding carboxylic acids is 1. The van der Waals surface area contributed by atoms with Gasteiger partial charge in [0.1, 0.15) is 12.4 Å². The van der Waals surface area contributed by atoms with Crippen LogP contribution in [0.15, 0.2) is 36.4 Å². The van der Waals surface area contributed by atoms with Gasteiger partial charge in [0.2, 0.25) is 0 Å². The first-order valence-electron chi connectivity index (χ1n) is 8.40. The summed E-state index contributed by atoms with van der Waals surface area (Å²) < 4.78 is 41.5. The predicted molar refractivity (Wildman–Crippen MR) is 97.9 cm³/mol. The van der Waals surface area contributed by atoms with Gasteiger partial charge in [-0.25, -0.2) is 4.79 Å². The number of carboxylic acids is 1. The van der Waals surface area contributed by atoms with Crippen molar-refractivity contribution in [2.45, 2.75) is 12.7 Å². The van der Waals surface area contributed by atoms with E-state index in [1.54, 1.807) is 12.1 Å². The molecule has 0 saturated carbocycles. The molecule has 7 nitrogen and oxygen atoms in total. The van der Waals surface area contributed by atoms with Gasteiger partial charge in [-0.05, 0) is 35.9 Å². The second kappa shape index (κ2) is 8.12. The Bertz CT molecular complexity index is 952. The molecule has 0 saturated heterocycles. The molecule has 0 spiro atoms. The van der Waals surface area contributed by atoms with Crippen LogP contribution in [0, 0.1) is 0 Å². The molecule has 10 heteroatoms. The Kier molecular flexibility index (Phi) is 5.78. The number of fused-ring (bicyclic) bond motifs is 1. The molecule has 29 heavy (non-hydrogen) atoms. The maximum absolute atomic E-state index is 13.3. The second-order valence-corrected chi connectivity index (χ2v) is 6.56. The van der Waals surface area contributed by atoms with Crippen molar-refractivity contribution in [1.82, 2.24) is 4.90 Å². The van der Waals surface area contributed by atoms with E-state index in [9.17, 15) is 18.4 Å². The lowest BCUT2D eigenvalue weighted by molar-refractivity contribution is -0.211. The Hall–Kier alpha value is -3.07. The number of rotatable bonds is 6. The number of carbonyl (C=O) groups is 2. The van der Waals surface area contributed by atoms with Gasteiger partial charge in [0.15, 0.2) is 11.5 Å². The van der Waals surface area contributed by atoms with Gasteiger partial charge >= 0.3 is 12.1 Å². The molecule has 1 N–H and O–H groups in total. The number of methoxy groups -OCH3 is 1. The fourth-order valence-electron chi connectivity index (χ4n) is 2.78. The first-order chi connectivity index (χ1) is 13.7. The molecule has 0 radical (unpaired) electrons. The summed E-state index contributed by atoms with van der Waals surface area (Å²) in [7, 11) is 1.23. The summed E-state index contributed by atoms with van der Waals surface area (Å²) in [6.45, 7) is 0.701. The molecule has 0 fully saturated rings. The van der Waals surface area contributed by atoms with Gasteiger partial charge in [0.05, 0.1) is 19.2 Å². The lowest BCUT2D eigenvalue weighted by Gasteiger charge is -2.21. The summed E-state index contributed by atoms with van der Waals surface area (Å²) >= 11 is 5.98. The number of benzene rings is 2. The number of amides is 1. The molecule has 154 valence electrons. The molecule has 1 aliphatic rings. The SMILES string of the molecule is COc1cc(CN2CCOc3ccc(Cl)cc3C2=O)ccc1OC(F)(F)C(=O)O. The second-order valence-electron chi connectivity index (χ2n) is 6.12. The molecular formula is C19H16ClF2NO6. The number of aliphatic carboxylic acids is 1. The minimum absolute atomic E-state index is 0.0922. The fraction of sp³-hybridized carbons (Fsp3) is 0.263. The molecule has 1 amide bonds. The summed E-state index contributed by atoms with van der Waals surface area (Å²) in [6, 6.07) is 8.76. The van der Waals surface area contributed by atoms with Gasteiger partial charge in [-0.2, -0.15) is 8.78 Å². The predicted octanol–water partition coefficient (Wildman–Crippen LogP) is 3.44. The van der Waals surface area contributed by atoms with Crippen LogP contribution in [0.3, 0.4) is 0 Å². The number of carboxylic acid groups (broad SMARTS) is 1. The zero-order chi connectivity index (χ0) is 21.2. The molecule has 0 aliphatic carbocycles. The lowest BCUT2D eigenvalue weighted by atomic mass is 10.1. The van der Waals surface area contributed by atoms with Gasteiger partial charge in [-0.15, -0.1) is 0 Å². The van der Waals surface area contributed by atoms with Crippen molar-refractivity contribution in [2.24, 2.45) is 0 Å². The molecule has 0 bridgehead atoms. The van der Waals surface area contributed by atoms with Crippen LogP contribution in [0.2, 0.25) is 5.02 Å². The monoisotopic (exact) mass is 427 g/mol. The van der Waals surface area contributed by atoms with Crippen molar-refractivity contribution >= 4 is 23.5 Å². The zero-order valence-corrected chi connectivity index (χ0v) is 15.9. The molecular weight excluding hydrogens is 412 g/mol. The highest BCUT2D eigenvalue weighted by Crippen LogP contribution is 2.33. The molecule has 0 unspecified atom stereocenters. The molecule has 1 heterocycles. The van der Waals surface area contributed by atoms with E-state index < -0.39 is 17.8 Å². The molecule has 0 aromatic heterocycles. The van der Waals surface area contributed by atoms with Crippen molar-refractivity contribution < 1.29 is 37.7 Å². The summed E-state index contributed by atoms with van der Waals surface area (Å²) in [6.07, 6.45) is -4.41. The Morgan fingerprint density at radius 1 is 1.28 bits per heavy atom. The van der Waals surface area contributed by atoms with Gasteiger partial charge in [-0.1, -0.05) is 17.7 Å². The minimum atomic E-state index is -4.41. The Labute approximate surface area is 169 Å². The van der Waals surface area contributed by atoms with Crippen LogP contribution in [0.4, 0.5) is 8.78 Å². The molecule has 2 aromatic carbocycles. The van der Waals surface area contributed by atoms with Crippen molar-refractivity contribution in [3.63, 3.8) is 0 Å². The summed E-state index contributed by atoms with van der Waals surface area (Å²) in [5.41, 5.74) is 0.884. The van der Waals surface area contributed by atoms with E-state index in [1.165, 1.54) is 30.2 Å². The van der Waals surface area contributed by atoms with Crippen LogP contribution in [-0.4, -0.2) is 48.3 Å². The van der Waals surface area contributed by atoms with Gasteiger partial charge in [-0.3, -0.25) is 4.79 Å². The van der Waals surface area contributed by atoms with Gasteiger partial charge < -0.3 is 24.2 Å². The first kappa shape index (κ1) is 20.7. The molecule has 1 aliphatic heterocycles. The highest BCUT2D eigenvalue weighted by Gasteiger charge is 2.43. The third-order valence-electron chi connectivity index (χ3n) is 4.17. The van der Waals surface area contributed by atoms with E-state index in [0.29, 0.717) is 28.4 Å². The topological polar surface area (TPSA) is 85.3 Å². The van der Waals surface area contributed by atoms with E-state index in [4.69, 9.17) is 26.2 Å². The number of ether oxygens (including phenoxy) is 3. The van der Waals surface area contributed by atoms with Crippen molar-refractivity contribution in [3.8, 4) is 17.2 Å². The Morgan fingerprint density at radius 2 is 2.03 bits per heavy atom. The number of halogens is 3. The highest BCUT2D eigenvalue weighted by molar-refractivity contribution is 6.31. The van der Waals surface area contributed by atoms with Crippen LogP contribution in [-0.2, 0) is 11.3 Å². The van der Waals surface area contributed by atoms with Crippen LogP contribution in [0.5, 0.6) is 17.2 Å². The van der Waals surface area contributed by atoms with Crippen molar-refractivity contribution in [3.05, 3.63) is 52.5 Å². The normalized spacial score (nSPS) is 13.9. The minimum Gasteiger partial charge on any atom is -0.493 e. The smallest absolute Gasteiger partial charge is 0.493 e. The van der Waals surface area contributed by atoms with Crippen LogP contribution in [0.25, 0.3) is 0 Å². The van der Waals surface area contributed by atoms with E-state index in [0.717, 1.165) is 6.07 Å². The first-order valence-corrected chi connectivity index (χ1v) is 8.78. The van der Waals surface area contributed by atoms with E-state index >= 15 is 0 Å². The Balaban J connectivity index is 1.83. The van der Waals surface area contributed by atoms with E-state index in [1.807, 2.05) is 0 Å². The summed E-state index contributed by atoms with van der Waals surface area (Å²) in [4.78, 5) is 24.9. The van der Waals surface area contributed by atoms with Crippen LogP contribution >= 0.6 is 11.6 Å². The molecule has 0 atom stereocenters. The number of hydrogen-bond acceptors (Lipinski definition) is 5. The van der Waals surface area contributed by atoms with Gasteiger partial charge in [0, 0.05) is 11.6 Å². The number of nitrogens with zero attached hydrogens (tertiary/aromatic N) is 1. The summed E-state index contributed by atoms with van der Waals surface area (Å²) in [5, 5.41) is 8.90. The van der Waals surface area contributed by atoms with Gasteiger partial charge in [0.25, 0.3) is 5.91 Å². The fourth-order valence-corrected chi connectivity index (χ4v) is 2.95. The average Bonchev–Trinajstić information content (AvgIpc) is 2.82. The third kappa shape index (κ3) is 4.51. The van der Waals surface area contributed by atoms with Crippen LogP contribution < -0.4 is 14.2 Å². The quantitative estimate of drug-likeness (QED) is 0.760. The van der Waals surface area contributed by atoms with Crippen molar-refractivity contribution in [1.29, 1.82) is 0 Å².